The van der Waals surface area contributed by atoms with Crippen LogP contribution in [0.15, 0.2) is 30.5 Å². The Bertz CT molecular complexity index is 890. The maximum absolute atomic E-state index is 11.1. The topological polar surface area (TPSA) is 91.6 Å². The predicted molar refractivity (Wildman–Crippen MR) is 94.5 cm³/mol. The van der Waals surface area contributed by atoms with Gasteiger partial charge < -0.3 is 10.3 Å². The number of nitrogens with zero attached hydrogens (tertiary/aromatic N) is 5. The third-order valence-corrected chi connectivity index (χ3v) is 4.91. The molecule has 25 heavy (non-hydrogen) atoms. The van der Waals surface area contributed by atoms with Crippen molar-refractivity contribution in [2.75, 3.05) is 0 Å². The van der Waals surface area contributed by atoms with Crippen LogP contribution in [-0.2, 0) is 17.9 Å². The molecule has 1 aliphatic rings. The number of imidazole rings is 1. The number of primary amides is 1. The Labute approximate surface area is 145 Å². The molecular weight excluding hydrogens is 316 g/mol. The molecule has 1 fully saturated rings. The summed E-state index contributed by atoms with van der Waals surface area (Å²) in [7, 11) is 0. The molecule has 3 aromatic rings. The van der Waals surface area contributed by atoms with Crippen LogP contribution in [0.5, 0.6) is 0 Å². The number of fused-ring (bicyclic) bond motifs is 1. The van der Waals surface area contributed by atoms with Crippen LogP contribution in [0.2, 0.25) is 0 Å². The van der Waals surface area contributed by atoms with Crippen LogP contribution in [0.4, 0.5) is 0 Å². The van der Waals surface area contributed by atoms with Crippen molar-refractivity contribution in [2.45, 2.75) is 45.2 Å². The lowest BCUT2D eigenvalue weighted by Gasteiger charge is -2.23. The molecular formula is C18H22N6O. The lowest BCUT2D eigenvalue weighted by atomic mass is 9.89. The highest BCUT2D eigenvalue weighted by molar-refractivity contribution is 5.80. The fourth-order valence-electron chi connectivity index (χ4n) is 3.72. The summed E-state index contributed by atoms with van der Waals surface area (Å²) in [6.45, 7) is 0.967. The number of carbonyl (C=O) groups excluding carboxylic acids is 1. The number of carbonyl (C=O) groups is 1. The lowest BCUT2D eigenvalue weighted by Crippen LogP contribution is -2.18. The molecule has 1 aliphatic carbocycles. The van der Waals surface area contributed by atoms with E-state index in [9.17, 15) is 4.79 Å². The minimum Gasteiger partial charge on any atom is -0.368 e. The zero-order valence-electron chi connectivity index (χ0n) is 14.1. The second-order valence-corrected chi connectivity index (χ2v) is 6.81. The Hall–Kier alpha value is -2.70. The van der Waals surface area contributed by atoms with E-state index in [0.717, 1.165) is 23.4 Å². The summed E-state index contributed by atoms with van der Waals surface area (Å²) in [5.74, 6) is 1.04. The molecule has 2 heterocycles. The van der Waals surface area contributed by atoms with E-state index in [4.69, 9.17) is 10.7 Å². The summed E-state index contributed by atoms with van der Waals surface area (Å²) in [6, 6.07) is 8.15. The highest BCUT2D eigenvalue weighted by Gasteiger charge is 2.20. The summed E-state index contributed by atoms with van der Waals surface area (Å²) in [5.41, 5.74) is 7.99. The van der Waals surface area contributed by atoms with Crippen molar-refractivity contribution >= 4 is 16.9 Å². The first-order chi connectivity index (χ1) is 12.2. The zero-order chi connectivity index (χ0) is 17.2. The van der Waals surface area contributed by atoms with E-state index in [1.807, 2.05) is 18.2 Å². The van der Waals surface area contributed by atoms with Gasteiger partial charge in [-0.15, -0.1) is 5.10 Å². The van der Waals surface area contributed by atoms with E-state index in [0.29, 0.717) is 11.6 Å². The summed E-state index contributed by atoms with van der Waals surface area (Å²) < 4.78 is 3.71. The van der Waals surface area contributed by atoms with Crippen molar-refractivity contribution in [2.24, 2.45) is 11.7 Å². The average molecular weight is 338 g/mol. The number of hydrogen-bond donors (Lipinski definition) is 1. The van der Waals surface area contributed by atoms with E-state index >= 15 is 0 Å². The first-order valence-electron chi connectivity index (χ1n) is 8.85. The van der Waals surface area contributed by atoms with Crippen LogP contribution in [0, 0.1) is 5.92 Å². The molecule has 0 saturated heterocycles. The van der Waals surface area contributed by atoms with Gasteiger partial charge in [0.1, 0.15) is 12.2 Å². The molecule has 2 aromatic heterocycles. The van der Waals surface area contributed by atoms with Gasteiger partial charge in [-0.1, -0.05) is 36.6 Å². The molecule has 130 valence electrons. The molecule has 0 bridgehead atoms. The molecule has 1 saturated carbocycles. The number of nitrogens with two attached hydrogens (primary N) is 1. The van der Waals surface area contributed by atoms with Crippen molar-refractivity contribution < 1.29 is 4.79 Å². The Balaban J connectivity index is 1.73. The summed E-state index contributed by atoms with van der Waals surface area (Å²) in [5, 5.41) is 8.21. The van der Waals surface area contributed by atoms with Gasteiger partial charge >= 0.3 is 0 Å². The van der Waals surface area contributed by atoms with Crippen molar-refractivity contribution in [1.29, 1.82) is 0 Å². The smallest absolute Gasteiger partial charge is 0.239 e. The Morgan fingerprint density at radius 1 is 1.20 bits per heavy atom. The Morgan fingerprint density at radius 2 is 2.00 bits per heavy atom. The second-order valence-electron chi connectivity index (χ2n) is 6.81. The first-order valence-corrected chi connectivity index (χ1v) is 8.85. The van der Waals surface area contributed by atoms with Crippen molar-refractivity contribution in [1.82, 2.24) is 24.5 Å². The van der Waals surface area contributed by atoms with Gasteiger partial charge in [0.25, 0.3) is 0 Å². The third-order valence-electron chi connectivity index (χ3n) is 4.91. The number of para-hydroxylation sites is 2. The fourth-order valence-corrected chi connectivity index (χ4v) is 3.72. The minimum atomic E-state index is -0.438. The molecule has 0 unspecified atom stereocenters. The van der Waals surface area contributed by atoms with Gasteiger partial charge in [0, 0.05) is 6.54 Å². The van der Waals surface area contributed by atoms with Crippen LogP contribution in [-0.4, -0.2) is 30.5 Å². The normalized spacial score (nSPS) is 15.7. The van der Waals surface area contributed by atoms with Crippen molar-refractivity contribution in [3.63, 3.8) is 0 Å². The quantitative estimate of drug-likeness (QED) is 0.773. The van der Waals surface area contributed by atoms with Gasteiger partial charge in [-0.2, -0.15) is 0 Å². The van der Waals surface area contributed by atoms with Gasteiger partial charge in [0.2, 0.25) is 5.91 Å². The Morgan fingerprint density at radius 3 is 2.80 bits per heavy atom. The predicted octanol–water partition coefficient (Wildman–Crippen LogP) is 2.36. The van der Waals surface area contributed by atoms with Crippen molar-refractivity contribution in [3.05, 3.63) is 30.5 Å². The molecule has 1 amide bonds. The zero-order valence-corrected chi connectivity index (χ0v) is 14.1. The molecule has 2 N–H and O–H groups in total. The van der Waals surface area contributed by atoms with E-state index in [2.05, 4.69) is 20.9 Å². The van der Waals surface area contributed by atoms with Gasteiger partial charge in [0.15, 0.2) is 5.82 Å². The molecule has 0 aliphatic heterocycles. The number of benzene rings is 1. The SMILES string of the molecule is NC(=O)Cn1cc(-c2nc3ccccc3n2CC2CCCCC2)nn1. The third kappa shape index (κ3) is 3.26. The highest BCUT2D eigenvalue weighted by atomic mass is 16.1. The summed E-state index contributed by atoms with van der Waals surface area (Å²) >= 11 is 0. The number of rotatable bonds is 5. The standard InChI is InChI=1S/C18H22N6O/c19-17(25)12-23-11-15(21-22-23)18-20-14-8-4-5-9-16(14)24(18)10-13-6-2-1-3-7-13/h4-5,8-9,11,13H,1-3,6-7,10,12H2,(H2,19,25). The molecule has 7 nitrogen and oxygen atoms in total. The fraction of sp³-hybridized carbons (Fsp3) is 0.444. The van der Waals surface area contributed by atoms with E-state index in [-0.39, 0.29) is 6.54 Å². The van der Waals surface area contributed by atoms with E-state index in [1.54, 1.807) is 6.20 Å². The molecule has 1 aromatic carbocycles. The Kier molecular flexibility index (Phi) is 4.21. The van der Waals surface area contributed by atoms with Crippen LogP contribution < -0.4 is 5.73 Å². The second kappa shape index (κ2) is 6.66. The van der Waals surface area contributed by atoms with Crippen LogP contribution in [0.25, 0.3) is 22.6 Å². The van der Waals surface area contributed by atoms with Crippen LogP contribution in [0.3, 0.4) is 0 Å². The maximum Gasteiger partial charge on any atom is 0.239 e. The minimum absolute atomic E-state index is 0.0237. The average Bonchev–Trinajstić information content (AvgIpc) is 3.20. The van der Waals surface area contributed by atoms with Crippen molar-refractivity contribution in [3.8, 4) is 11.5 Å². The van der Waals surface area contributed by atoms with Gasteiger partial charge in [-0.25, -0.2) is 9.67 Å². The van der Waals surface area contributed by atoms with Crippen LogP contribution >= 0.6 is 0 Å². The van der Waals surface area contributed by atoms with Crippen LogP contribution in [0.1, 0.15) is 32.1 Å². The molecule has 0 atom stereocenters. The van der Waals surface area contributed by atoms with Gasteiger partial charge in [-0.3, -0.25) is 4.79 Å². The maximum atomic E-state index is 11.1. The summed E-state index contributed by atoms with van der Waals surface area (Å²) in [4.78, 5) is 15.9. The summed E-state index contributed by atoms with van der Waals surface area (Å²) in [6.07, 6.45) is 8.22. The molecule has 4 rings (SSSR count). The number of amides is 1. The van der Waals surface area contributed by atoms with E-state index in [1.165, 1.54) is 36.8 Å². The molecule has 0 spiro atoms. The number of aromatic nitrogens is 5. The van der Waals surface area contributed by atoms with Gasteiger partial charge in [0.05, 0.1) is 17.2 Å². The monoisotopic (exact) mass is 338 g/mol. The van der Waals surface area contributed by atoms with E-state index < -0.39 is 5.91 Å². The molecule has 0 radical (unpaired) electrons. The molecule has 7 heteroatoms. The lowest BCUT2D eigenvalue weighted by molar-refractivity contribution is -0.118. The highest BCUT2D eigenvalue weighted by Crippen LogP contribution is 2.29. The largest absolute Gasteiger partial charge is 0.368 e. The van der Waals surface area contributed by atoms with Gasteiger partial charge in [-0.05, 0) is 30.9 Å². The number of hydrogen-bond acceptors (Lipinski definition) is 4. The first kappa shape index (κ1) is 15.8.